The molecule has 0 aliphatic rings. The number of rotatable bonds is 10. The van der Waals surface area contributed by atoms with Crippen molar-refractivity contribution in [2.45, 2.75) is 13.5 Å². The zero-order chi connectivity index (χ0) is 15.5. The number of carbonyl (C=O) groups excluding carboxylic acids is 1. The number of ether oxygens (including phenoxy) is 1. The fourth-order valence-corrected chi connectivity index (χ4v) is 2.39. The molecule has 0 atom stereocenters. The maximum absolute atomic E-state index is 11.8. The molecule has 4 nitrogen and oxygen atoms in total. The van der Waals surface area contributed by atoms with Gasteiger partial charge < -0.3 is 10.1 Å². The van der Waals surface area contributed by atoms with E-state index in [2.05, 4.69) is 10.2 Å². The Morgan fingerprint density at radius 1 is 1.24 bits per heavy atom. The first-order valence-corrected chi connectivity index (χ1v) is 8.08. The number of nitrogens with one attached hydrogen (secondary N) is 1. The van der Waals surface area contributed by atoms with Gasteiger partial charge in [0.05, 0.1) is 0 Å². The molecule has 1 aromatic carbocycles. The van der Waals surface area contributed by atoms with Gasteiger partial charge in [-0.15, -0.1) is 23.2 Å². The van der Waals surface area contributed by atoms with E-state index in [1.807, 2.05) is 31.2 Å². The van der Waals surface area contributed by atoms with Crippen LogP contribution in [0.2, 0.25) is 0 Å². The molecule has 0 saturated heterocycles. The van der Waals surface area contributed by atoms with Crippen LogP contribution in [0.15, 0.2) is 24.3 Å². The lowest BCUT2D eigenvalue weighted by Gasteiger charge is -2.21. The van der Waals surface area contributed by atoms with Crippen LogP contribution in [-0.4, -0.2) is 48.9 Å². The summed E-state index contributed by atoms with van der Waals surface area (Å²) in [6, 6.07) is 7.73. The Balaban J connectivity index is 2.71. The van der Waals surface area contributed by atoms with Crippen molar-refractivity contribution in [3.05, 3.63) is 29.8 Å². The third kappa shape index (κ3) is 7.14. The van der Waals surface area contributed by atoms with E-state index in [-0.39, 0.29) is 12.5 Å². The highest BCUT2D eigenvalue weighted by atomic mass is 35.5. The molecular weight excluding hydrogens is 311 g/mol. The number of para-hydroxylation sites is 1. The predicted molar refractivity (Wildman–Crippen MR) is 88.3 cm³/mol. The van der Waals surface area contributed by atoms with Crippen molar-refractivity contribution >= 4 is 34.8 Å². The van der Waals surface area contributed by atoms with Crippen LogP contribution in [0.5, 0.6) is 0 Å². The lowest BCUT2D eigenvalue weighted by molar-refractivity contribution is -0.120. The van der Waals surface area contributed by atoms with Crippen LogP contribution < -0.4 is 5.32 Å². The molecule has 0 unspecified atom stereocenters. The minimum atomic E-state index is -0.148. The molecule has 0 saturated carbocycles. The van der Waals surface area contributed by atoms with Crippen LogP contribution in [0.1, 0.15) is 12.5 Å². The summed E-state index contributed by atoms with van der Waals surface area (Å²) in [6.45, 7) is 4.67. The summed E-state index contributed by atoms with van der Waals surface area (Å²) >= 11 is 11.6. The molecule has 0 bridgehead atoms. The van der Waals surface area contributed by atoms with Gasteiger partial charge >= 0.3 is 0 Å². The van der Waals surface area contributed by atoms with E-state index in [0.29, 0.717) is 24.9 Å². The molecule has 0 aromatic heterocycles. The molecule has 1 N–H and O–H groups in total. The van der Waals surface area contributed by atoms with E-state index in [0.717, 1.165) is 24.3 Å². The minimum absolute atomic E-state index is 0.0674. The molecule has 0 aliphatic heterocycles. The third-order valence-electron chi connectivity index (χ3n) is 2.92. The van der Waals surface area contributed by atoms with Crippen LogP contribution in [0.25, 0.3) is 0 Å². The number of halogens is 2. The normalized spacial score (nSPS) is 10.9. The molecule has 0 spiro atoms. The first kappa shape index (κ1) is 18.2. The summed E-state index contributed by atoms with van der Waals surface area (Å²) in [4.78, 5) is 13.9. The Hall–Kier alpha value is -0.810. The second-order valence-corrected chi connectivity index (χ2v) is 5.25. The van der Waals surface area contributed by atoms with Gasteiger partial charge in [0.15, 0.2) is 0 Å². The molecule has 1 aromatic rings. The molecule has 118 valence electrons. The Labute approximate surface area is 136 Å². The second kappa shape index (κ2) is 10.9. The van der Waals surface area contributed by atoms with E-state index >= 15 is 0 Å². The van der Waals surface area contributed by atoms with Gasteiger partial charge in [0, 0.05) is 43.7 Å². The first-order valence-electron chi connectivity index (χ1n) is 7.01. The van der Waals surface area contributed by atoms with Crippen molar-refractivity contribution in [1.82, 2.24) is 4.90 Å². The van der Waals surface area contributed by atoms with Gasteiger partial charge in [0.25, 0.3) is 0 Å². The predicted octanol–water partition coefficient (Wildman–Crippen LogP) is 2.94. The lowest BCUT2D eigenvalue weighted by Crippen LogP contribution is -2.28. The number of amides is 1. The second-order valence-electron chi connectivity index (χ2n) is 4.50. The number of hydrogen-bond donors (Lipinski definition) is 1. The van der Waals surface area contributed by atoms with Gasteiger partial charge in [0.1, 0.15) is 6.61 Å². The van der Waals surface area contributed by atoms with Gasteiger partial charge in [-0.25, -0.2) is 0 Å². The average molecular weight is 333 g/mol. The lowest BCUT2D eigenvalue weighted by atomic mass is 10.1. The summed E-state index contributed by atoms with van der Waals surface area (Å²) in [5, 5.41) is 2.88. The third-order valence-corrected chi connectivity index (χ3v) is 3.26. The maximum Gasteiger partial charge on any atom is 0.250 e. The number of anilines is 1. The molecule has 1 rings (SSSR count). The Morgan fingerprint density at radius 3 is 2.52 bits per heavy atom. The molecule has 1 amide bonds. The molecule has 0 heterocycles. The van der Waals surface area contributed by atoms with Crippen LogP contribution >= 0.6 is 23.2 Å². The van der Waals surface area contributed by atoms with Crippen molar-refractivity contribution in [3.8, 4) is 0 Å². The monoisotopic (exact) mass is 332 g/mol. The quantitative estimate of drug-likeness (QED) is 0.670. The van der Waals surface area contributed by atoms with Gasteiger partial charge in [-0.05, 0) is 18.6 Å². The molecule has 6 heteroatoms. The number of nitrogens with zero attached hydrogens (tertiary/aromatic N) is 1. The molecular formula is C15H22Cl2N2O2. The van der Waals surface area contributed by atoms with E-state index in [4.69, 9.17) is 27.9 Å². The van der Waals surface area contributed by atoms with E-state index in [1.165, 1.54) is 0 Å². The van der Waals surface area contributed by atoms with Crippen LogP contribution in [-0.2, 0) is 16.1 Å². The molecule has 21 heavy (non-hydrogen) atoms. The standard InChI is InChI=1S/C15H22Cl2N2O2/c1-2-21-12-15(20)18-14-6-4-3-5-13(14)11-19(9-7-16)10-8-17/h3-6H,2,7-12H2,1H3,(H,18,20). The number of benzene rings is 1. The fourth-order valence-electron chi connectivity index (χ4n) is 1.91. The molecule has 0 fully saturated rings. The summed E-state index contributed by atoms with van der Waals surface area (Å²) in [6.07, 6.45) is 0. The Bertz CT molecular complexity index is 424. The van der Waals surface area contributed by atoms with Gasteiger partial charge in [0.2, 0.25) is 5.91 Å². The highest BCUT2D eigenvalue weighted by Gasteiger charge is 2.10. The number of carbonyl (C=O) groups is 1. The Morgan fingerprint density at radius 2 is 1.90 bits per heavy atom. The summed E-state index contributed by atoms with van der Waals surface area (Å²) in [5.41, 5.74) is 1.84. The molecule has 0 aliphatic carbocycles. The van der Waals surface area contributed by atoms with Crippen molar-refractivity contribution in [1.29, 1.82) is 0 Å². The largest absolute Gasteiger partial charge is 0.372 e. The summed E-state index contributed by atoms with van der Waals surface area (Å²) in [5.74, 6) is 0.955. The topological polar surface area (TPSA) is 41.6 Å². The van der Waals surface area contributed by atoms with Crippen molar-refractivity contribution in [2.75, 3.05) is 43.4 Å². The van der Waals surface area contributed by atoms with E-state index in [9.17, 15) is 4.79 Å². The highest BCUT2D eigenvalue weighted by molar-refractivity contribution is 6.18. The van der Waals surface area contributed by atoms with E-state index < -0.39 is 0 Å². The zero-order valence-electron chi connectivity index (χ0n) is 12.3. The highest BCUT2D eigenvalue weighted by Crippen LogP contribution is 2.17. The summed E-state index contributed by atoms with van der Waals surface area (Å²) < 4.78 is 5.11. The van der Waals surface area contributed by atoms with Crippen LogP contribution in [0.4, 0.5) is 5.69 Å². The fraction of sp³-hybridized carbons (Fsp3) is 0.533. The minimum Gasteiger partial charge on any atom is -0.372 e. The average Bonchev–Trinajstić information content (AvgIpc) is 2.47. The van der Waals surface area contributed by atoms with Gasteiger partial charge in [-0.2, -0.15) is 0 Å². The van der Waals surface area contributed by atoms with Crippen LogP contribution in [0, 0.1) is 0 Å². The number of alkyl halides is 2. The Kier molecular flexibility index (Phi) is 9.42. The molecule has 0 radical (unpaired) electrons. The SMILES string of the molecule is CCOCC(=O)Nc1ccccc1CN(CCCl)CCCl. The zero-order valence-corrected chi connectivity index (χ0v) is 13.8. The van der Waals surface area contributed by atoms with Crippen molar-refractivity contribution < 1.29 is 9.53 Å². The smallest absolute Gasteiger partial charge is 0.250 e. The summed E-state index contributed by atoms with van der Waals surface area (Å²) in [7, 11) is 0. The number of hydrogen-bond acceptors (Lipinski definition) is 3. The maximum atomic E-state index is 11.8. The van der Waals surface area contributed by atoms with E-state index in [1.54, 1.807) is 0 Å². The van der Waals surface area contributed by atoms with Gasteiger partial charge in [-0.1, -0.05) is 18.2 Å². The van der Waals surface area contributed by atoms with Crippen molar-refractivity contribution in [3.63, 3.8) is 0 Å². The van der Waals surface area contributed by atoms with Crippen molar-refractivity contribution in [2.24, 2.45) is 0 Å². The first-order chi connectivity index (χ1) is 10.2. The van der Waals surface area contributed by atoms with Gasteiger partial charge in [-0.3, -0.25) is 9.69 Å². The van der Waals surface area contributed by atoms with Crippen LogP contribution in [0.3, 0.4) is 0 Å².